The number of carbonyl (C=O) groups excluding carboxylic acids is 4. The van der Waals surface area contributed by atoms with Crippen LogP contribution < -0.4 is 10.6 Å². The minimum absolute atomic E-state index is 0.0740. The minimum atomic E-state index is -0.738. The van der Waals surface area contributed by atoms with Crippen LogP contribution >= 0.6 is 0 Å². The van der Waals surface area contributed by atoms with Crippen molar-refractivity contribution in [3.05, 3.63) is 72.2 Å². The molecule has 3 saturated heterocycles. The predicted molar refractivity (Wildman–Crippen MR) is 230 cm³/mol. The fourth-order valence-corrected chi connectivity index (χ4v) is 11.0. The summed E-state index contributed by atoms with van der Waals surface area (Å²) in [7, 11) is 2.59. The van der Waals surface area contributed by atoms with Crippen LogP contribution in [0.5, 0.6) is 0 Å². The third-order valence-corrected chi connectivity index (χ3v) is 14.3. The van der Waals surface area contributed by atoms with Gasteiger partial charge in [-0.25, -0.2) is 23.9 Å². The van der Waals surface area contributed by atoms with Gasteiger partial charge in [-0.15, -0.1) is 0 Å². The van der Waals surface area contributed by atoms with Crippen LogP contribution in [0.25, 0.3) is 44.2 Å². The molecule has 2 aromatic heterocycles. The number of hydrogen-bond donors (Lipinski definition) is 4. The van der Waals surface area contributed by atoms with E-state index in [9.17, 15) is 19.2 Å². The predicted octanol–water partition coefficient (Wildman–Crippen LogP) is 7.16. The second-order valence-electron chi connectivity index (χ2n) is 18.3. The van der Waals surface area contributed by atoms with Crippen LogP contribution in [0.2, 0.25) is 0 Å². The summed E-state index contributed by atoms with van der Waals surface area (Å²) in [5, 5.41) is 7.49. The molecule has 5 aromatic rings. The largest absolute Gasteiger partial charge is 0.453 e. The molecule has 15 nitrogen and oxygen atoms in total. The number of carbonyl (C=O) groups is 4. The first-order valence-electron chi connectivity index (χ1n) is 22.2. The SMILES string of the molecule is COC(=O)N[C@H](C(=O)N1[C@@H]2CC[C@@H](C2)[C@H]1c1nc2ccc3cc(-c4ccc(-c5cnc([C@@H]6C[C@H]7C[C@H]7N6C(=O)[C@@H](NC(=O)OC)C6CCOCC6)[nH]5)c(F)c4)ccc3c2[nH]1)C(C)C. The normalized spacial score (nSPS) is 25.0. The molecule has 0 radical (unpaired) electrons. The van der Waals surface area contributed by atoms with Gasteiger partial charge in [0.15, 0.2) is 0 Å². The van der Waals surface area contributed by atoms with Gasteiger partial charge in [-0.05, 0) is 109 Å². The monoisotopic (exact) mass is 860 g/mol. The molecular weight excluding hydrogens is 808 g/mol. The number of hydrogen-bond acceptors (Lipinski definition) is 9. The van der Waals surface area contributed by atoms with Gasteiger partial charge in [0.25, 0.3) is 0 Å². The highest BCUT2D eigenvalue weighted by atomic mass is 19.1. The average molecular weight is 861 g/mol. The van der Waals surface area contributed by atoms with E-state index in [1.165, 1.54) is 20.3 Å². The number of likely N-dealkylation sites (tertiary alicyclic amines) is 2. The van der Waals surface area contributed by atoms with Crippen molar-refractivity contribution >= 4 is 45.8 Å². The molecule has 4 amide bonds. The van der Waals surface area contributed by atoms with Gasteiger partial charge in [0.2, 0.25) is 11.8 Å². The number of ether oxygens (including phenoxy) is 3. The molecule has 2 aliphatic carbocycles. The molecule has 330 valence electrons. The Bertz CT molecular complexity index is 2600. The molecule has 2 bridgehead atoms. The Morgan fingerprint density at radius 2 is 1.59 bits per heavy atom. The van der Waals surface area contributed by atoms with E-state index in [1.807, 2.05) is 60.0 Å². The number of aromatic amines is 2. The van der Waals surface area contributed by atoms with Crippen molar-refractivity contribution in [3.63, 3.8) is 0 Å². The second-order valence-corrected chi connectivity index (χ2v) is 18.3. The van der Waals surface area contributed by atoms with Crippen LogP contribution in [-0.2, 0) is 23.8 Å². The number of alkyl carbamates (subject to hydrolysis) is 2. The summed E-state index contributed by atoms with van der Waals surface area (Å²) in [5.74, 6) is 1.06. The molecule has 8 atom stereocenters. The molecule has 63 heavy (non-hydrogen) atoms. The topological polar surface area (TPSA) is 184 Å². The number of fused-ring (bicyclic) bond motifs is 6. The molecular formula is C47H53FN8O7. The maximum Gasteiger partial charge on any atom is 0.407 e. The lowest BCUT2D eigenvalue weighted by atomic mass is 9.90. The van der Waals surface area contributed by atoms with Gasteiger partial charge in [0.05, 0.1) is 49.2 Å². The number of nitrogens with zero attached hydrogens (tertiary/aromatic N) is 4. The number of imidazole rings is 2. The molecule has 3 aromatic carbocycles. The van der Waals surface area contributed by atoms with Gasteiger partial charge in [-0.2, -0.15) is 0 Å². The van der Waals surface area contributed by atoms with Gasteiger partial charge >= 0.3 is 12.2 Å². The first-order valence-corrected chi connectivity index (χ1v) is 22.2. The highest BCUT2D eigenvalue weighted by molar-refractivity contribution is 6.05. The number of aromatic nitrogens is 4. The van der Waals surface area contributed by atoms with E-state index in [0.717, 1.165) is 65.3 Å². The molecule has 5 fully saturated rings. The fourth-order valence-electron chi connectivity index (χ4n) is 11.0. The van der Waals surface area contributed by atoms with Gasteiger partial charge in [-0.3, -0.25) is 9.59 Å². The Kier molecular flexibility index (Phi) is 10.6. The van der Waals surface area contributed by atoms with Crippen molar-refractivity contribution in [3.8, 4) is 22.4 Å². The first-order chi connectivity index (χ1) is 30.5. The smallest absolute Gasteiger partial charge is 0.407 e. The molecule has 5 aliphatic rings. The summed E-state index contributed by atoms with van der Waals surface area (Å²) < 4.78 is 31.4. The van der Waals surface area contributed by atoms with Crippen LogP contribution in [0, 0.1) is 29.5 Å². The summed E-state index contributed by atoms with van der Waals surface area (Å²) >= 11 is 0. The van der Waals surface area contributed by atoms with Crippen LogP contribution in [0.4, 0.5) is 14.0 Å². The Morgan fingerprint density at radius 3 is 2.35 bits per heavy atom. The molecule has 10 rings (SSSR count). The van der Waals surface area contributed by atoms with E-state index in [4.69, 9.17) is 19.2 Å². The van der Waals surface area contributed by atoms with Gasteiger partial charge in [-0.1, -0.05) is 38.1 Å². The minimum Gasteiger partial charge on any atom is -0.453 e. The molecule has 4 N–H and O–H groups in total. The van der Waals surface area contributed by atoms with Gasteiger partial charge in [0.1, 0.15) is 29.5 Å². The number of halogens is 1. The quantitative estimate of drug-likeness (QED) is 0.113. The van der Waals surface area contributed by atoms with E-state index in [2.05, 4.69) is 25.6 Å². The molecule has 2 saturated carbocycles. The fraction of sp³-hybridized carbons (Fsp3) is 0.489. The number of methoxy groups -OCH3 is 2. The number of amides is 4. The summed E-state index contributed by atoms with van der Waals surface area (Å²) in [6.45, 7) is 4.89. The standard InChI is InChI=1S/C47H53FN8O7/c1-23(2)38(53-46(59)61-3)44(57)55-30-9-5-28(18-30)41(55)43-50-34-12-8-27-17-25(6-10-31(27)40(34)52-43)26-7-11-32(33(48)19-26)35-22-49-42(51-35)37-21-29-20-36(29)56(37)45(58)39(54-47(60)62-4)24-13-15-63-16-14-24/h6-8,10-12,17,19,22-24,28-30,36-39,41H,5,9,13-16,18,20-21H2,1-4H3,(H,49,51)(H,50,52)(H,53,59)(H,54,60)/t28-,29+,30+,36+,37-,38-,39-,41-/m0/s1. The third kappa shape index (κ3) is 7.35. The maximum atomic E-state index is 16.1. The van der Waals surface area contributed by atoms with Crippen molar-refractivity contribution in [2.75, 3.05) is 27.4 Å². The zero-order chi connectivity index (χ0) is 43.7. The third-order valence-electron chi connectivity index (χ3n) is 14.3. The van der Waals surface area contributed by atoms with Crippen molar-refractivity contribution in [1.82, 2.24) is 40.4 Å². The summed E-state index contributed by atoms with van der Waals surface area (Å²) in [5.41, 5.74) is 4.10. The van der Waals surface area contributed by atoms with E-state index < -0.39 is 30.1 Å². The van der Waals surface area contributed by atoms with Gasteiger partial charge in [0, 0.05) is 36.2 Å². The van der Waals surface area contributed by atoms with Gasteiger partial charge < -0.3 is 44.6 Å². The van der Waals surface area contributed by atoms with Crippen molar-refractivity contribution in [2.45, 2.75) is 95.0 Å². The second kappa shape index (κ2) is 16.3. The zero-order valence-corrected chi connectivity index (χ0v) is 35.9. The number of H-pyrrole nitrogens is 2. The Hall–Kier alpha value is -6.03. The lowest BCUT2D eigenvalue weighted by molar-refractivity contribution is -0.139. The number of piperidine rings is 2. The van der Waals surface area contributed by atoms with Crippen molar-refractivity contribution < 1.29 is 37.8 Å². The van der Waals surface area contributed by atoms with Crippen molar-refractivity contribution in [2.24, 2.45) is 23.7 Å². The number of rotatable bonds is 10. The van der Waals surface area contributed by atoms with Crippen LogP contribution in [-0.4, -0.2) is 105 Å². The highest BCUT2D eigenvalue weighted by Gasteiger charge is 2.57. The van der Waals surface area contributed by atoms with Crippen molar-refractivity contribution in [1.29, 1.82) is 0 Å². The number of nitrogens with one attached hydrogen (secondary N) is 4. The first kappa shape index (κ1) is 41.0. The Balaban J connectivity index is 0.880. The average Bonchev–Trinajstić information content (AvgIpc) is 3.91. The van der Waals surface area contributed by atoms with E-state index >= 15 is 4.39 Å². The van der Waals surface area contributed by atoms with Crippen LogP contribution in [0.1, 0.15) is 82.5 Å². The molecule has 16 heteroatoms. The van der Waals surface area contributed by atoms with E-state index in [-0.39, 0.29) is 53.7 Å². The summed E-state index contributed by atoms with van der Waals surface area (Å²) in [6, 6.07) is 13.3. The Morgan fingerprint density at radius 1 is 0.825 bits per heavy atom. The molecule has 3 aliphatic heterocycles. The number of benzene rings is 3. The molecule has 0 spiro atoms. The highest BCUT2D eigenvalue weighted by Crippen LogP contribution is 2.54. The van der Waals surface area contributed by atoms with Crippen LogP contribution in [0.15, 0.2) is 54.7 Å². The zero-order valence-electron chi connectivity index (χ0n) is 35.9. The maximum absolute atomic E-state index is 16.1. The Labute approximate surface area is 363 Å². The summed E-state index contributed by atoms with van der Waals surface area (Å²) in [6.07, 6.45) is 6.14. The molecule has 0 unspecified atom stereocenters. The lowest BCUT2D eigenvalue weighted by Crippen LogP contribution is -2.54. The lowest BCUT2D eigenvalue weighted by Gasteiger charge is -2.37. The van der Waals surface area contributed by atoms with Crippen LogP contribution in [0.3, 0.4) is 0 Å². The van der Waals surface area contributed by atoms with E-state index in [1.54, 1.807) is 12.3 Å². The van der Waals surface area contributed by atoms with E-state index in [0.29, 0.717) is 54.6 Å². The summed E-state index contributed by atoms with van der Waals surface area (Å²) in [4.78, 5) is 73.4. The molecule has 5 heterocycles.